The van der Waals surface area contributed by atoms with Gasteiger partial charge in [-0.3, -0.25) is 9.59 Å². The summed E-state index contributed by atoms with van der Waals surface area (Å²) in [4.78, 5) is 23.8. The highest BCUT2D eigenvalue weighted by Crippen LogP contribution is 2.68. The normalized spacial score (nSPS) is 48.7. The molecule has 0 spiro atoms. The maximum atomic E-state index is 12.3. The summed E-state index contributed by atoms with van der Waals surface area (Å²) in [5, 5.41) is 11.5. The minimum atomic E-state index is -0.320. The van der Waals surface area contributed by atoms with Crippen molar-refractivity contribution in [3.63, 3.8) is 0 Å². The van der Waals surface area contributed by atoms with Crippen LogP contribution in [-0.2, 0) is 19.1 Å². The van der Waals surface area contributed by atoms with E-state index < -0.39 is 0 Å². The van der Waals surface area contributed by atoms with Crippen LogP contribution in [0.4, 0.5) is 0 Å². The van der Waals surface area contributed by atoms with E-state index in [1.807, 2.05) is 6.92 Å². The third kappa shape index (κ3) is 3.30. The van der Waals surface area contributed by atoms with E-state index in [1.165, 1.54) is 14.0 Å². The van der Waals surface area contributed by atoms with Crippen molar-refractivity contribution in [2.45, 2.75) is 91.3 Å². The quantitative estimate of drug-likeness (QED) is 0.687. The Kier molecular flexibility index (Phi) is 5.74. The van der Waals surface area contributed by atoms with E-state index in [-0.39, 0.29) is 46.8 Å². The van der Waals surface area contributed by atoms with Gasteiger partial charge >= 0.3 is 11.9 Å². The third-order valence-electron chi connectivity index (χ3n) is 10.1. The maximum Gasteiger partial charge on any atom is 0.308 e. The molecule has 10 atom stereocenters. The zero-order chi connectivity index (χ0) is 21.8. The molecule has 4 aliphatic rings. The van der Waals surface area contributed by atoms with Crippen LogP contribution in [0.2, 0.25) is 0 Å². The number of fused-ring (bicyclic) bond motifs is 5. The molecule has 30 heavy (non-hydrogen) atoms. The van der Waals surface area contributed by atoms with Crippen molar-refractivity contribution >= 4 is 11.9 Å². The van der Waals surface area contributed by atoms with E-state index in [0.717, 1.165) is 51.4 Å². The van der Waals surface area contributed by atoms with Gasteiger partial charge in [0.1, 0.15) is 6.10 Å². The van der Waals surface area contributed by atoms with Crippen molar-refractivity contribution < 1.29 is 24.2 Å². The van der Waals surface area contributed by atoms with Gasteiger partial charge in [0.05, 0.1) is 19.1 Å². The van der Waals surface area contributed by atoms with Gasteiger partial charge in [0.2, 0.25) is 0 Å². The number of esters is 2. The first-order valence-electron chi connectivity index (χ1n) is 12.0. The molecule has 4 rings (SSSR count). The molecule has 0 aromatic carbocycles. The Hall–Kier alpha value is -1.10. The molecule has 170 valence electrons. The van der Waals surface area contributed by atoms with Crippen molar-refractivity contribution in [3.8, 4) is 0 Å². The molecule has 0 saturated heterocycles. The maximum absolute atomic E-state index is 12.3. The van der Waals surface area contributed by atoms with Crippen molar-refractivity contribution in [1.82, 2.24) is 0 Å². The van der Waals surface area contributed by atoms with Crippen LogP contribution < -0.4 is 0 Å². The van der Waals surface area contributed by atoms with Crippen molar-refractivity contribution in [1.29, 1.82) is 0 Å². The summed E-state index contributed by atoms with van der Waals surface area (Å²) in [6, 6.07) is 0. The van der Waals surface area contributed by atoms with E-state index in [4.69, 9.17) is 9.47 Å². The number of hydrogen-bond donors (Lipinski definition) is 1. The second-order valence-corrected chi connectivity index (χ2v) is 11.4. The summed E-state index contributed by atoms with van der Waals surface area (Å²) in [5.41, 5.74) is 0.124. The highest BCUT2D eigenvalue weighted by Gasteiger charge is 2.64. The first-order valence-corrected chi connectivity index (χ1v) is 12.0. The lowest BCUT2D eigenvalue weighted by molar-refractivity contribution is -0.187. The molecule has 0 amide bonds. The predicted molar refractivity (Wildman–Crippen MR) is 113 cm³/mol. The molecule has 0 bridgehead atoms. The Balaban J connectivity index is 1.56. The van der Waals surface area contributed by atoms with Gasteiger partial charge in [-0.2, -0.15) is 0 Å². The van der Waals surface area contributed by atoms with Gasteiger partial charge in [-0.05, 0) is 91.8 Å². The Morgan fingerprint density at radius 2 is 1.80 bits per heavy atom. The molecular weight excluding hydrogens is 380 g/mol. The van der Waals surface area contributed by atoms with Crippen LogP contribution in [0.5, 0.6) is 0 Å². The molecule has 4 aliphatic carbocycles. The minimum Gasteiger partial charge on any atom is -0.469 e. The van der Waals surface area contributed by atoms with Crippen LogP contribution in [0.3, 0.4) is 0 Å². The summed E-state index contributed by atoms with van der Waals surface area (Å²) >= 11 is 0. The van der Waals surface area contributed by atoms with Crippen LogP contribution in [0.1, 0.15) is 79.1 Å². The number of carbonyl (C=O) groups is 2. The molecule has 0 unspecified atom stereocenters. The second kappa shape index (κ2) is 7.79. The molecule has 1 N–H and O–H groups in total. The highest BCUT2D eigenvalue weighted by atomic mass is 16.5. The van der Waals surface area contributed by atoms with Gasteiger partial charge in [-0.1, -0.05) is 20.8 Å². The third-order valence-corrected chi connectivity index (χ3v) is 10.1. The van der Waals surface area contributed by atoms with Gasteiger partial charge in [-0.15, -0.1) is 0 Å². The van der Waals surface area contributed by atoms with Gasteiger partial charge in [0.15, 0.2) is 0 Å². The molecule has 4 saturated carbocycles. The van der Waals surface area contributed by atoms with Crippen LogP contribution in [-0.4, -0.2) is 36.4 Å². The molecule has 5 nitrogen and oxygen atoms in total. The van der Waals surface area contributed by atoms with E-state index in [9.17, 15) is 14.7 Å². The number of methoxy groups -OCH3 is 1. The van der Waals surface area contributed by atoms with Crippen molar-refractivity contribution in [2.24, 2.45) is 46.3 Å². The molecular formula is C25H40O5. The van der Waals surface area contributed by atoms with Gasteiger partial charge < -0.3 is 14.6 Å². The molecule has 0 aromatic rings. The zero-order valence-corrected chi connectivity index (χ0v) is 19.4. The predicted octanol–water partition coefficient (Wildman–Crippen LogP) is 4.36. The number of hydrogen-bond acceptors (Lipinski definition) is 5. The average Bonchev–Trinajstić information content (AvgIpc) is 3.02. The molecule has 4 fully saturated rings. The average molecular weight is 421 g/mol. The molecule has 0 heterocycles. The van der Waals surface area contributed by atoms with Crippen LogP contribution in [0.25, 0.3) is 0 Å². The number of aliphatic hydroxyl groups excluding tert-OH is 1. The summed E-state index contributed by atoms with van der Waals surface area (Å²) in [6.45, 7) is 8.24. The standard InChI is InChI=1S/C25H40O5/c1-14(23(28)29-5)19-8-9-20-18-7-6-16-12-17(30-15(2)26)10-11-24(16,3)22(18)21(27)13-25(19,20)4/h14,16-22,27H,6-13H2,1-5H3/t14-,16-,17-,18+,19+,20-,21-,22+,24+,25+/m1/s1. The first kappa shape index (κ1) is 22.1. The van der Waals surface area contributed by atoms with Crippen molar-refractivity contribution in [2.75, 3.05) is 7.11 Å². The second-order valence-electron chi connectivity index (χ2n) is 11.4. The lowest BCUT2D eigenvalue weighted by Gasteiger charge is -2.62. The fourth-order valence-corrected chi connectivity index (χ4v) is 8.90. The number of aliphatic hydroxyl groups is 1. The smallest absolute Gasteiger partial charge is 0.308 e. The lowest BCUT2D eigenvalue weighted by Crippen LogP contribution is -2.59. The van der Waals surface area contributed by atoms with Crippen molar-refractivity contribution in [3.05, 3.63) is 0 Å². The Bertz CT molecular complexity index is 691. The summed E-state index contributed by atoms with van der Waals surface area (Å²) in [6.07, 6.45) is 7.91. The van der Waals surface area contributed by atoms with E-state index in [0.29, 0.717) is 23.7 Å². The van der Waals surface area contributed by atoms with Gasteiger partial charge in [0, 0.05) is 6.92 Å². The zero-order valence-electron chi connectivity index (χ0n) is 19.4. The Labute approximate surface area is 181 Å². The fraction of sp³-hybridized carbons (Fsp3) is 0.920. The highest BCUT2D eigenvalue weighted by molar-refractivity contribution is 5.72. The largest absolute Gasteiger partial charge is 0.469 e. The first-order chi connectivity index (χ1) is 14.1. The number of carbonyl (C=O) groups excluding carboxylic acids is 2. The molecule has 0 aromatic heterocycles. The van der Waals surface area contributed by atoms with E-state index >= 15 is 0 Å². The van der Waals surface area contributed by atoms with Gasteiger partial charge in [-0.25, -0.2) is 0 Å². The van der Waals surface area contributed by atoms with E-state index in [2.05, 4.69) is 13.8 Å². The topological polar surface area (TPSA) is 72.8 Å². The monoisotopic (exact) mass is 420 g/mol. The van der Waals surface area contributed by atoms with E-state index in [1.54, 1.807) is 0 Å². The SMILES string of the molecule is COC(=O)[C@H](C)[C@@H]1CC[C@@H]2[C@@H]3CC[C@@H]4C[C@H](OC(C)=O)CC[C@]4(C)[C@@H]3[C@H](O)C[C@]21C. The molecule has 5 heteroatoms. The van der Waals surface area contributed by atoms with Crippen LogP contribution >= 0.6 is 0 Å². The summed E-state index contributed by atoms with van der Waals surface area (Å²) in [7, 11) is 1.48. The van der Waals surface area contributed by atoms with Crippen LogP contribution in [0, 0.1) is 46.3 Å². The van der Waals surface area contributed by atoms with Crippen LogP contribution in [0.15, 0.2) is 0 Å². The summed E-state index contributed by atoms with van der Waals surface area (Å²) < 4.78 is 10.6. The Morgan fingerprint density at radius 3 is 2.47 bits per heavy atom. The summed E-state index contributed by atoms with van der Waals surface area (Å²) in [5.74, 6) is 1.82. The number of rotatable bonds is 3. The number of ether oxygens (including phenoxy) is 2. The lowest BCUT2D eigenvalue weighted by atomic mass is 9.43. The molecule has 0 radical (unpaired) electrons. The minimum absolute atomic E-state index is 0.00628. The fourth-order valence-electron chi connectivity index (χ4n) is 8.90. The van der Waals surface area contributed by atoms with Gasteiger partial charge in [0.25, 0.3) is 0 Å². The Morgan fingerprint density at radius 1 is 1.07 bits per heavy atom. The molecule has 0 aliphatic heterocycles.